The summed E-state index contributed by atoms with van der Waals surface area (Å²) in [5, 5.41) is 0.448. The number of ether oxygens (including phenoxy) is 3. The third-order valence-electron chi connectivity index (χ3n) is 4.27. The fourth-order valence-electron chi connectivity index (χ4n) is 2.79. The quantitative estimate of drug-likeness (QED) is 0.504. The zero-order chi connectivity index (χ0) is 18.6. The molecule has 1 unspecified atom stereocenters. The van der Waals surface area contributed by atoms with E-state index in [1.54, 1.807) is 24.3 Å². The minimum atomic E-state index is -0.416. The number of benzene rings is 3. The molecule has 0 N–H and O–H groups in total. The smallest absolute Gasteiger partial charge is 0.172 e. The first-order valence-electron chi connectivity index (χ1n) is 8.71. The average molecular weight is 385 g/mol. The van der Waals surface area contributed by atoms with Crippen LogP contribution in [0.3, 0.4) is 0 Å². The summed E-state index contributed by atoms with van der Waals surface area (Å²) in [6.45, 7) is 1.37. The molecule has 0 bridgehead atoms. The highest BCUT2D eigenvalue weighted by atomic mass is 35.5. The van der Waals surface area contributed by atoms with Crippen molar-refractivity contribution in [3.63, 3.8) is 0 Å². The van der Waals surface area contributed by atoms with Crippen LogP contribution in [0.1, 0.15) is 5.56 Å². The molecule has 3 nitrogen and oxygen atoms in total. The van der Waals surface area contributed by atoms with Crippen LogP contribution in [0, 0.1) is 5.82 Å². The molecule has 1 fully saturated rings. The van der Waals surface area contributed by atoms with Crippen LogP contribution >= 0.6 is 11.6 Å². The van der Waals surface area contributed by atoms with E-state index in [1.807, 2.05) is 36.4 Å². The average Bonchev–Trinajstić information content (AvgIpc) is 3.52. The second-order valence-corrected chi connectivity index (χ2v) is 6.68. The van der Waals surface area contributed by atoms with E-state index in [1.165, 1.54) is 6.07 Å². The zero-order valence-electron chi connectivity index (χ0n) is 14.5. The molecule has 0 spiro atoms. The highest BCUT2D eigenvalue weighted by molar-refractivity contribution is 6.33. The summed E-state index contributed by atoms with van der Waals surface area (Å²) < 4.78 is 31.9. The second kappa shape index (κ2) is 7.99. The zero-order valence-corrected chi connectivity index (χ0v) is 15.3. The lowest BCUT2D eigenvalue weighted by molar-refractivity contribution is 0.238. The van der Waals surface area contributed by atoms with Gasteiger partial charge in [0, 0.05) is 10.6 Å². The van der Waals surface area contributed by atoms with Gasteiger partial charge in [-0.3, -0.25) is 0 Å². The molecule has 4 rings (SSSR count). The lowest BCUT2D eigenvalue weighted by atomic mass is 10.0. The predicted octanol–water partition coefficient (Wildman–Crippen LogP) is 5.50. The van der Waals surface area contributed by atoms with Gasteiger partial charge >= 0.3 is 0 Å². The van der Waals surface area contributed by atoms with Crippen molar-refractivity contribution in [2.75, 3.05) is 13.2 Å². The summed E-state index contributed by atoms with van der Waals surface area (Å²) in [4.78, 5) is 0. The summed E-state index contributed by atoms with van der Waals surface area (Å²) >= 11 is 6.33. The number of hydrogen-bond donors (Lipinski definition) is 0. The Morgan fingerprint density at radius 2 is 1.70 bits per heavy atom. The molecule has 0 saturated carbocycles. The van der Waals surface area contributed by atoms with Gasteiger partial charge in [-0.25, -0.2) is 4.39 Å². The van der Waals surface area contributed by atoms with Gasteiger partial charge in [-0.15, -0.1) is 0 Å². The largest absolute Gasteiger partial charge is 0.487 e. The van der Waals surface area contributed by atoms with Crippen molar-refractivity contribution in [2.24, 2.45) is 0 Å². The summed E-state index contributed by atoms with van der Waals surface area (Å²) in [6, 6.07) is 19.8. The molecule has 1 saturated heterocycles. The Morgan fingerprint density at radius 1 is 0.963 bits per heavy atom. The van der Waals surface area contributed by atoms with E-state index in [-0.39, 0.29) is 12.7 Å². The normalized spacial score (nSPS) is 15.4. The van der Waals surface area contributed by atoms with E-state index in [2.05, 4.69) is 0 Å². The van der Waals surface area contributed by atoms with Crippen LogP contribution in [0.4, 0.5) is 4.39 Å². The van der Waals surface area contributed by atoms with Gasteiger partial charge in [0.2, 0.25) is 0 Å². The van der Waals surface area contributed by atoms with Crippen molar-refractivity contribution in [1.29, 1.82) is 0 Å². The van der Waals surface area contributed by atoms with Crippen molar-refractivity contribution < 1.29 is 18.6 Å². The summed E-state index contributed by atoms with van der Waals surface area (Å²) in [7, 11) is 0. The minimum Gasteiger partial charge on any atom is -0.487 e. The summed E-state index contributed by atoms with van der Waals surface area (Å²) in [6.07, 6.45) is 0.0841. The Morgan fingerprint density at radius 3 is 2.44 bits per heavy atom. The predicted molar refractivity (Wildman–Crippen MR) is 103 cm³/mol. The SMILES string of the molecule is Fc1ccc(OCC2CO2)c(OCc2ccccc2)c1-c1ccccc1Cl. The first-order chi connectivity index (χ1) is 13.2. The molecule has 5 heteroatoms. The van der Waals surface area contributed by atoms with Gasteiger partial charge < -0.3 is 14.2 Å². The number of hydrogen-bond acceptors (Lipinski definition) is 3. The van der Waals surface area contributed by atoms with Crippen LogP contribution in [0.5, 0.6) is 11.5 Å². The maximum atomic E-state index is 14.8. The molecular weight excluding hydrogens is 367 g/mol. The fraction of sp³-hybridized carbons (Fsp3) is 0.182. The Kier molecular flexibility index (Phi) is 5.28. The molecule has 0 radical (unpaired) electrons. The fourth-order valence-corrected chi connectivity index (χ4v) is 3.02. The minimum absolute atomic E-state index is 0.0841. The lowest BCUT2D eigenvalue weighted by Gasteiger charge is -2.18. The molecule has 1 aliphatic rings. The molecule has 3 aromatic carbocycles. The number of epoxide rings is 1. The van der Waals surface area contributed by atoms with E-state index in [0.717, 1.165) is 5.56 Å². The molecule has 1 atom stereocenters. The van der Waals surface area contributed by atoms with Crippen molar-refractivity contribution >= 4 is 11.6 Å². The van der Waals surface area contributed by atoms with E-state index in [4.69, 9.17) is 25.8 Å². The summed E-state index contributed by atoms with van der Waals surface area (Å²) in [5.74, 6) is 0.395. The van der Waals surface area contributed by atoms with Crippen LogP contribution in [0.25, 0.3) is 11.1 Å². The highest BCUT2D eigenvalue weighted by Gasteiger charge is 2.25. The first kappa shape index (κ1) is 17.8. The number of rotatable bonds is 7. The Balaban J connectivity index is 1.73. The molecule has 27 heavy (non-hydrogen) atoms. The topological polar surface area (TPSA) is 31.0 Å². The Bertz CT molecular complexity index is 926. The van der Waals surface area contributed by atoms with E-state index >= 15 is 0 Å². The van der Waals surface area contributed by atoms with Gasteiger partial charge in [0.05, 0.1) is 12.2 Å². The van der Waals surface area contributed by atoms with Gasteiger partial charge in [0.15, 0.2) is 11.5 Å². The van der Waals surface area contributed by atoms with E-state index in [9.17, 15) is 4.39 Å². The Labute approximate surface area is 162 Å². The molecule has 0 amide bonds. The molecule has 0 aliphatic carbocycles. The molecule has 3 aromatic rings. The second-order valence-electron chi connectivity index (χ2n) is 6.27. The van der Waals surface area contributed by atoms with Crippen molar-refractivity contribution in [3.05, 3.63) is 83.1 Å². The van der Waals surface area contributed by atoms with Gasteiger partial charge in [-0.1, -0.05) is 60.1 Å². The van der Waals surface area contributed by atoms with Gasteiger partial charge in [-0.2, -0.15) is 0 Å². The highest BCUT2D eigenvalue weighted by Crippen LogP contribution is 2.43. The maximum Gasteiger partial charge on any atom is 0.172 e. The molecule has 1 aliphatic heterocycles. The maximum absolute atomic E-state index is 14.8. The molecule has 138 valence electrons. The van der Waals surface area contributed by atoms with Crippen molar-refractivity contribution in [3.8, 4) is 22.6 Å². The van der Waals surface area contributed by atoms with Crippen LogP contribution in [-0.2, 0) is 11.3 Å². The molecule has 0 aromatic heterocycles. The van der Waals surface area contributed by atoms with Crippen LogP contribution in [-0.4, -0.2) is 19.3 Å². The third kappa shape index (κ3) is 4.24. The summed E-state index contributed by atoms with van der Waals surface area (Å²) in [5.41, 5.74) is 1.84. The van der Waals surface area contributed by atoms with Crippen molar-refractivity contribution in [2.45, 2.75) is 12.7 Å². The van der Waals surface area contributed by atoms with E-state index < -0.39 is 5.82 Å². The van der Waals surface area contributed by atoms with Gasteiger partial charge in [-0.05, 0) is 23.8 Å². The van der Waals surface area contributed by atoms with E-state index in [0.29, 0.717) is 40.9 Å². The monoisotopic (exact) mass is 384 g/mol. The Hall–Kier alpha value is -2.56. The molecular formula is C22H18ClFO3. The third-order valence-corrected chi connectivity index (χ3v) is 4.60. The standard InChI is InChI=1S/C22H18ClFO3/c23-18-9-5-4-8-17(18)21-19(24)10-11-20(26-14-16-13-25-16)22(21)27-12-15-6-2-1-3-7-15/h1-11,16H,12-14H2. The molecule has 1 heterocycles. The van der Waals surface area contributed by atoms with Gasteiger partial charge in [0.25, 0.3) is 0 Å². The lowest BCUT2D eigenvalue weighted by Crippen LogP contribution is -2.07. The van der Waals surface area contributed by atoms with Crippen LogP contribution < -0.4 is 9.47 Å². The number of halogens is 2. The first-order valence-corrected chi connectivity index (χ1v) is 9.08. The van der Waals surface area contributed by atoms with Gasteiger partial charge in [0.1, 0.15) is 25.1 Å². The van der Waals surface area contributed by atoms with Crippen molar-refractivity contribution in [1.82, 2.24) is 0 Å². The van der Waals surface area contributed by atoms with Crippen LogP contribution in [0.2, 0.25) is 5.02 Å². The van der Waals surface area contributed by atoms with Crippen LogP contribution in [0.15, 0.2) is 66.7 Å².